The van der Waals surface area contributed by atoms with Crippen LogP contribution in [0.5, 0.6) is 0 Å². The fourth-order valence-corrected chi connectivity index (χ4v) is 1.31. The minimum atomic E-state index is 0.635. The molecule has 1 aromatic heterocycles. The van der Waals surface area contributed by atoms with Crippen molar-refractivity contribution in [3.05, 3.63) is 24.3 Å². The van der Waals surface area contributed by atoms with Crippen molar-refractivity contribution in [2.45, 2.75) is 0 Å². The van der Waals surface area contributed by atoms with E-state index in [9.17, 15) is 0 Å². The molecule has 0 saturated carbocycles. The molecule has 0 spiro atoms. The molecular formula is C8H4N2O. The summed E-state index contributed by atoms with van der Waals surface area (Å²) in [5.74, 6) is 1.34. The monoisotopic (exact) mass is 144 g/mol. The fraction of sp³-hybridized carbons (Fsp3) is 0. The standard InChI is InChI=1S/C8H4N2O/c1-2-4-6-5(3-1)7-9-8(6)11-10-7/h1-4H. The highest BCUT2D eigenvalue weighted by atomic mass is 16.5. The molecule has 3 rings (SSSR count). The Hall–Kier alpha value is -1.64. The van der Waals surface area contributed by atoms with Crippen LogP contribution in [0.25, 0.3) is 22.8 Å². The van der Waals surface area contributed by atoms with Crippen molar-refractivity contribution in [2.24, 2.45) is 0 Å². The van der Waals surface area contributed by atoms with Gasteiger partial charge in [-0.3, -0.25) is 0 Å². The minimum Gasteiger partial charge on any atom is -0.334 e. The van der Waals surface area contributed by atoms with Gasteiger partial charge >= 0.3 is 0 Å². The molecule has 0 atom stereocenters. The third-order valence-corrected chi connectivity index (χ3v) is 1.82. The average Bonchev–Trinajstić information content (AvgIpc) is 2.64. The quantitative estimate of drug-likeness (QED) is 0.482. The lowest BCUT2D eigenvalue weighted by Crippen LogP contribution is -1.80. The lowest BCUT2D eigenvalue weighted by Gasteiger charge is -1.96. The molecule has 0 aliphatic carbocycles. The molecule has 0 saturated heterocycles. The molecule has 2 heterocycles. The Morgan fingerprint density at radius 1 is 1.09 bits per heavy atom. The van der Waals surface area contributed by atoms with Gasteiger partial charge in [-0.05, 0) is 6.07 Å². The van der Waals surface area contributed by atoms with Crippen molar-refractivity contribution >= 4 is 0 Å². The van der Waals surface area contributed by atoms with E-state index < -0.39 is 0 Å². The molecule has 11 heavy (non-hydrogen) atoms. The van der Waals surface area contributed by atoms with E-state index in [0.29, 0.717) is 11.7 Å². The lowest BCUT2D eigenvalue weighted by molar-refractivity contribution is 0.428. The molecule has 2 aromatic rings. The number of fused-ring (bicyclic) bond motifs is 5. The first kappa shape index (κ1) is 5.07. The van der Waals surface area contributed by atoms with Crippen molar-refractivity contribution in [1.82, 2.24) is 10.1 Å². The van der Waals surface area contributed by atoms with E-state index in [-0.39, 0.29) is 0 Å². The zero-order valence-corrected chi connectivity index (χ0v) is 5.61. The van der Waals surface area contributed by atoms with Gasteiger partial charge in [-0.2, -0.15) is 4.98 Å². The summed E-state index contributed by atoms with van der Waals surface area (Å²) in [7, 11) is 0. The van der Waals surface area contributed by atoms with Gasteiger partial charge in [0.2, 0.25) is 5.82 Å². The predicted molar refractivity (Wildman–Crippen MR) is 38.7 cm³/mol. The van der Waals surface area contributed by atoms with E-state index in [1.54, 1.807) is 0 Å². The van der Waals surface area contributed by atoms with Crippen LogP contribution < -0.4 is 0 Å². The molecule has 0 unspecified atom stereocenters. The maximum absolute atomic E-state index is 4.92. The third kappa shape index (κ3) is 0.487. The van der Waals surface area contributed by atoms with Crippen LogP contribution in [-0.2, 0) is 0 Å². The number of benzene rings is 1. The van der Waals surface area contributed by atoms with Gasteiger partial charge in [0.15, 0.2) is 0 Å². The van der Waals surface area contributed by atoms with E-state index in [0.717, 1.165) is 11.1 Å². The molecule has 1 aliphatic heterocycles. The van der Waals surface area contributed by atoms with Gasteiger partial charge in [0.05, 0.1) is 5.56 Å². The van der Waals surface area contributed by atoms with Crippen LogP contribution in [0.15, 0.2) is 28.8 Å². The third-order valence-electron chi connectivity index (χ3n) is 1.82. The minimum absolute atomic E-state index is 0.635. The lowest BCUT2D eigenvalue weighted by atomic mass is 10.1. The maximum Gasteiger partial charge on any atom is 0.258 e. The van der Waals surface area contributed by atoms with Crippen LogP contribution in [0.3, 0.4) is 0 Å². The summed E-state index contributed by atoms with van der Waals surface area (Å²) in [6.45, 7) is 0. The molecule has 2 bridgehead atoms. The number of nitrogens with zero attached hydrogens (tertiary/aromatic N) is 2. The molecule has 0 fully saturated rings. The zero-order chi connectivity index (χ0) is 7.26. The Labute approximate surface area is 62.7 Å². The Morgan fingerprint density at radius 2 is 1.91 bits per heavy atom. The first-order valence-corrected chi connectivity index (χ1v) is 3.38. The molecular weight excluding hydrogens is 140 g/mol. The van der Waals surface area contributed by atoms with E-state index in [4.69, 9.17) is 4.52 Å². The van der Waals surface area contributed by atoms with Gasteiger partial charge < -0.3 is 4.52 Å². The van der Waals surface area contributed by atoms with Crippen LogP contribution in [0.1, 0.15) is 0 Å². The average molecular weight is 144 g/mol. The van der Waals surface area contributed by atoms with Gasteiger partial charge in [0, 0.05) is 5.56 Å². The van der Waals surface area contributed by atoms with Crippen LogP contribution in [0, 0.1) is 0 Å². The Kier molecular flexibility index (Phi) is 0.692. The molecule has 1 aliphatic rings. The number of hydrogen-bond acceptors (Lipinski definition) is 3. The van der Waals surface area contributed by atoms with E-state index in [1.807, 2.05) is 24.3 Å². The molecule has 3 heteroatoms. The van der Waals surface area contributed by atoms with Crippen molar-refractivity contribution in [3.63, 3.8) is 0 Å². The largest absolute Gasteiger partial charge is 0.334 e. The number of aromatic nitrogens is 2. The summed E-state index contributed by atoms with van der Waals surface area (Å²) in [4.78, 5) is 4.11. The van der Waals surface area contributed by atoms with Gasteiger partial charge in [-0.15, -0.1) is 0 Å². The summed E-state index contributed by atoms with van der Waals surface area (Å²) < 4.78 is 4.92. The van der Waals surface area contributed by atoms with Crippen molar-refractivity contribution in [3.8, 4) is 22.8 Å². The molecule has 1 aromatic carbocycles. The SMILES string of the molecule is c1ccc2c(c1)-c1noc-2n1. The maximum atomic E-state index is 4.92. The van der Waals surface area contributed by atoms with E-state index in [2.05, 4.69) is 10.1 Å². The molecule has 52 valence electrons. The second-order valence-corrected chi connectivity index (χ2v) is 2.47. The molecule has 0 radical (unpaired) electrons. The highest BCUT2D eigenvalue weighted by Gasteiger charge is 2.22. The molecule has 0 amide bonds. The molecule has 3 nitrogen and oxygen atoms in total. The van der Waals surface area contributed by atoms with E-state index in [1.165, 1.54) is 0 Å². The van der Waals surface area contributed by atoms with Crippen LogP contribution in [0.4, 0.5) is 0 Å². The summed E-state index contributed by atoms with van der Waals surface area (Å²) in [6.07, 6.45) is 0. The smallest absolute Gasteiger partial charge is 0.258 e. The Morgan fingerprint density at radius 3 is 2.73 bits per heavy atom. The second kappa shape index (κ2) is 1.50. The normalized spacial score (nSPS) is 11.6. The van der Waals surface area contributed by atoms with Gasteiger partial charge in [-0.25, -0.2) is 0 Å². The first-order chi connectivity index (χ1) is 5.45. The Balaban J connectivity index is 2.47. The van der Waals surface area contributed by atoms with Crippen LogP contribution in [-0.4, -0.2) is 10.1 Å². The summed E-state index contributed by atoms with van der Waals surface area (Å²) in [5.41, 5.74) is 2.13. The van der Waals surface area contributed by atoms with Crippen molar-refractivity contribution in [2.75, 3.05) is 0 Å². The van der Waals surface area contributed by atoms with E-state index >= 15 is 0 Å². The second-order valence-electron chi connectivity index (χ2n) is 2.47. The van der Waals surface area contributed by atoms with Crippen LogP contribution in [0.2, 0.25) is 0 Å². The van der Waals surface area contributed by atoms with Crippen molar-refractivity contribution < 1.29 is 4.52 Å². The molecule has 0 N–H and O–H groups in total. The summed E-state index contributed by atoms with van der Waals surface area (Å²) in [5, 5.41) is 3.76. The van der Waals surface area contributed by atoms with Crippen LogP contribution >= 0.6 is 0 Å². The Bertz CT molecular complexity index is 382. The van der Waals surface area contributed by atoms with Gasteiger partial charge in [0.25, 0.3) is 5.89 Å². The fourth-order valence-electron chi connectivity index (χ4n) is 1.31. The van der Waals surface area contributed by atoms with Crippen molar-refractivity contribution in [1.29, 1.82) is 0 Å². The van der Waals surface area contributed by atoms with Gasteiger partial charge in [-0.1, -0.05) is 23.4 Å². The summed E-state index contributed by atoms with van der Waals surface area (Å²) in [6, 6.07) is 7.91. The van der Waals surface area contributed by atoms with Gasteiger partial charge in [0.1, 0.15) is 0 Å². The number of hydrogen-bond donors (Lipinski definition) is 0. The highest BCUT2D eigenvalue weighted by molar-refractivity contribution is 5.81. The summed E-state index contributed by atoms with van der Waals surface area (Å²) >= 11 is 0. The number of rotatable bonds is 0. The first-order valence-electron chi connectivity index (χ1n) is 3.38. The topological polar surface area (TPSA) is 38.9 Å². The predicted octanol–water partition coefficient (Wildman–Crippen LogP) is 1.72. The highest BCUT2D eigenvalue weighted by Crippen LogP contribution is 2.35. The zero-order valence-electron chi connectivity index (χ0n) is 5.61.